The average molecular weight is 290 g/mol. The smallest absolute Gasteiger partial charge is 0.242 e. The van der Waals surface area contributed by atoms with Crippen LogP contribution in [0.2, 0.25) is 0 Å². The number of rotatable bonds is 5. The molecule has 1 amide bonds. The van der Waals surface area contributed by atoms with E-state index >= 15 is 0 Å². The van der Waals surface area contributed by atoms with Gasteiger partial charge in [0.05, 0.1) is 6.04 Å². The van der Waals surface area contributed by atoms with Crippen molar-refractivity contribution in [1.29, 1.82) is 0 Å². The van der Waals surface area contributed by atoms with Gasteiger partial charge in [-0.15, -0.1) is 0 Å². The van der Waals surface area contributed by atoms with Crippen LogP contribution in [0.25, 0.3) is 0 Å². The predicted molar refractivity (Wildman–Crippen MR) is 78.0 cm³/mol. The van der Waals surface area contributed by atoms with E-state index in [2.05, 4.69) is 15.5 Å². The number of nitrogens with two attached hydrogens (primary N) is 1. The minimum Gasteiger partial charge on any atom is -0.504 e. The van der Waals surface area contributed by atoms with Crippen molar-refractivity contribution in [2.45, 2.75) is 25.8 Å². The number of phenolic OH excluding ortho intramolecular Hbond substituents is 2. The molecule has 0 saturated heterocycles. The van der Waals surface area contributed by atoms with Crippen molar-refractivity contribution in [3.8, 4) is 11.5 Å². The summed E-state index contributed by atoms with van der Waals surface area (Å²) in [6.07, 6.45) is 1.03. The third-order valence-corrected chi connectivity index (χ3v) is 3.10. The lowest BCUT2D eigenvalue weighted by Gasteiger charge is -2.11. The molecule has 0 radical (unpaired) electrons. The Bertz CT molecular complexity index is 639. The summed E-state index contributed by atoms with van der Waals surface area (Å²) in [6.45, 7) is 1.97. The molecule has 0 aliphatic rings. The van der Waals surface area contributed by atoms with Crippen molar-refractivity contribution in [3.63, 3.8) is 0 Å². The van der Waals surface area contributed by atoms with Crippen LogP contribution >= 0.6 is 0 Å². The van der Waals surface area contributed by atoms with E-state index in [1.54, 1.807) is 12.1 Å². The van der Waals surface area contributed by atoms with Gasteiger partial charge in [0.25, 0.3) is 0 Å². The maximum absolute atomic E-state index is 12.0. The van der Waals surface area contributed by atoms with Gasteiger partial charge in [0, 0.05) is 11.8 Å². The highest BCUT2D eigenvalue weighted by atomic mass is 16.3. The third kappa shape index (κ3) is 3.73. The monoisotopic (exact) mass is 290 g/mol. The van der Waals surface area contributed by atoms with E-state index in [4.69, 9.17) is 5.73 Å². The van der Waals surface area contributed by atoms with E-state index in [9.17, 15) is 15.0 Å². The van der Waals surface area contributed by atoms with E-state index in [0.717, 1.165) is 12.1 Å². The van der Waals surface area contributed by atoms with Gasteiger partial charge in [-0.3, -0.25) is 9.89 Å². The molecule has 7 heteroatoms. The number of nitrogens with one attached hydrogen (secondary N) is 2. The van der Waals surface area contributed by atoms with Gasteiger partial charge in [-0.25, -0.2) is 0 Å². The number of aromatic nitrogens is 2. The Labute approximate surface area is 121 Å². The molecule has 0 aliphatic heterocycles. The van der Waals surface area contributed by atoms with Crippen molar-refractivity contribution >= 4 is 11.7 Å². The second-order valence-electron chi connectivity index (χ2n) is 4.75. The largest absolute Gasteiger partial charge is 0.504 e. The summed E-state index contributed by atoms with van der Waals surface area (Å²) in [5.41, 5.74) is 7.41. The standard InChI is InChI=1S/C14H18N4O3/c1-2-9-7-13(18-17-9)16-14(21)10(15)5-8-3-4-11(19)12(20)6-8/h3-4,6-7,10,19-20H,2,5,15H2,1H3,(H2,16,17,18,21)/t10-/m0/s1. The first-order valence-corrected chi connectivity index (χ1v) is 6.61. The van der Waals surface area contributed by atoms with Crippen LogP contribution in [0.4, 0.5) is 5.82 Å². The number of amides is 1. The molecule has 0 saturated carbocycles. The lowest BCUT2D eigenvalue weighted by atomic mass is 10.1. The molecule has 1 aromatic carbocycles. The van der Waals surface area contributed by atoms with Crippen molar-refractivity contribution in [1.82, 2.24) is 10.2 Å². The van der Waals surface area contributed by atoms with Crippen LogP contribution in [0, 0.1) is 0 Å². The summed E-state index contributed by atoms with van der Waals surface area (Å²) in [4.78, 5) is 12.0. The first-order chi connectivity index (χ1) is 9.99. The van der Waals surface area contributed by atoms with Crippen LogP contribution in [0.1, 0.15) is 18.2 Å². The predicted octanol–water partition coefficient (Wildman–Crippen LogP) is 0.892. The van der Waals surface area contributed by atoms with Crippen LogP contribution in [0.3, 0.4) is 0 Å². The molecular weight excluding hydrogens is 272 g/mol. The number of aromatic amines is 1. The highest BCUT2D eigenvalue weighted by Gasteiger charge is 2.16. The van der Waals surface area contributed by atoms with Gasteiger partial charge in [0.2, 0.25) is 5.91 Å². The number of phenols is 2. The molecule has 6 N–H and O–H groups in total. The van der Waals surface area contributed by atoms with Crippen molar-refractivity contribution in [3.05, 3.63) is 35.5 Å². The minimum atomic E-state index is -0.782. The number of H-pyrrole nitrogens is 1. The van der Waals surface area contributed by atoms with Crippen LogP contribution < -0.4 is 11.1 Å². The zero-order valence-corrected chi connectivity index (χ0v) is 11.6. The SMILES string of the molecule is CCc1cc(NC(=O)[C@@H](N)Cc2ccc(O)c(O)c2)n[nH]1. The van der Waals surface area contributed by atoms with Gasteiger partial charge in [-0.1, -0.05) is 13.0 Å². The normalized spacial score (nSPS) is 12.1. The Morgan fingerprint density at radius 1 is 1.38 bits per heavy atom. The number of benzene rings is 1. The number of anilines is 1. The number of nitrogens with zero attached hydrogens (tertiary/aromatic N) is 1. The Morgan fingerprint density at radius 2 is 2.14 bits per heavy atom. The van der Waals surface area contributed by atoms with E-state index in [0.29, 0.717) is 11.4 Å². The fraction of sp³-hybridized carbons (Fsp3) is 0.286. The van der Waals surface area contributed by atoms with Gasteiger partial charge in [-0.2, -0.15) is 5.10 Å². The van der Waals surface area contributed by atoms with E-state index < -0.39 is 6.04 Å². The molecular formula is C14H18N4O3. The second kappa shape index (κ2) is 6.27. The number of aromatic hydroxyl groups is 2. The maximum Gasteiger partial charge on any atom is 0.242 e. The summed E-state index contributed by atoms with van der Waals surface area (Å²) in [5.74, 6) is -0.377. The molecule has 112 valence electrons. The first-order valence-electron chi connectivity index (χ1n) is 6.61. The third-order valence-electron chi connectivity index (χ3n) is 3.10. The summed E-state index contributed by atoms with van der Waals surface area (Å²) in [7, 11) is 0. The van der Waals surface area contributed by atoms with E-state index in [-0.39, 0.29) is 23.8 Å². The average Bonchev–Trinajstić information content (AvgIpc) is 2.90. The lowest BCUT2D eigenvalue weighted by Crippen LogP contribution is -2.37. The molecule has 2 aromatic rings. The van der Waals surface area contributed by atoms with Gasteiger partial charge in [0.1, 0.15) is 0 Å². The Hall–Kier alpha value is -2.54. The number of carbonyl (C=O) groups excluding carboxylic acids is 1. The number of hydrogen-bond donors (Lipinski definition) is 5. The number of aryl methyl sites for hydroxylation is 1. The van der Waals surface area contributed by atoms with E-state index in [1.807, 2.05) is 6.92 Å². The molecule has 2 rings (SSSR count). The summed E-state index contributed by atoms with van der Waals surface area (Å²) in [6, 6.07) is 5.31. The van der Waals surface area contributed by atoms with Crippen LogP contribution in [0.5, 0.6) is 11.5 Å². The summed E-state index contributed by atoms with van der Waals surface area (Å²) < 4.78 is 0. The highest BCUT2D eigenvalue weighted by Crippen LogP contribution is 2.25. The zero-order chi connectivity index (χ0) is 15.4. The number of hydrogen-bond acceptors (Lipinski definition) is 5. The van der Waals surface area contributed by atoms with Crippen molar-refractivity contribution in [2.24, 2.45) is 5.73 Å². The molecule has 1 heterocycles. The van der Waals surface area contributed by atoms with Gasteiger partial charge in [0.15, 0.2) is 17.3 Å². The Balaban J connectivity index is 1.97. The van der Waals surface area contributed by atoms with Crippen LogP contribution in [-0.2, 0) is 17.6 Å². The Morgan fingerprint density at radius 3 is 2.76 bits per heavy atom. The summed E-state index contributed by atoms with van der Waals surface area (Å²) in [5, 5.41) is 28.0. The molecule has 1 atom stereocenters. The number of carbonyl (C=O) groups is 1. The molecule has 21 heavy (non-hydrogen) atoms. The molecule has 0 aliphatic carbocycles. The quantitative estimate of drug-likeness (QED) is 0.523. The van der Waals surface area contributed by atoms with Gasteiger partial charge in [-0.05, 0) is 30.5 Å². The van der Waals surface area contributed by atoms with Gasteiger partial charge < -0.3 is 21.3 Å². The zero-order valence-electron chi connectivity index (χ0n) is 11.6. The molecule has 0 bridgehead atoms. The first kappa shape index (κ1) is 14.9. The topological polar surface area (TPSA) is 124 Å². The molecule has 0 fully saturated rings. The lowest BCUT2D eigenvalue weighted by molar-refractivity contribution is -0.117. The maximum atomic E-state index is 12.0. The Kier molecular flexibility index (Phi) is 4.44. The van der Waals surface area contributed by atoms with Crippen LogP contribution in [-0.4, -0.2) is 32.4 Å². The summed E-state index contributed by atoms with van der Waals surface area (Å²) >= 11 is 0. The molecule has 7 nitrogen and oxygen atoms in total. The molecule has 0 unspecified atom stereocenters. The second-order valence-corrected chi connectivity index (χ2v) is 4.75. The van der Waals surface area contributed by atoms with Crippen molar-refractivity contribution < 1.29 is 15.0 Å². The van der Waals surface area contributed by atoms with E-state index in [1.165, 1.54) is 12.1 Å². The fourth-order valence-electron chi connectivity index (χ4n) is 1.87. The minimum absolute atomic E-state index is 0.208. The highest BCUT2D eigenvalue weighted by molar-refractivity contribution is 5.94. The fourth-order valence-corrected chi connectivity index (χ4v) is 1.87. The van der Waals surface area contributed by atoms with Crippen LogP contribution in [0.15, 0.2) is 24.3 Å². The van der Waals surface area contributed by atoms with Crippen molar-refractivity contribution in [2.75, 3.05) is 5.32 Å². The molecule has 1 aromatic heterocycles. The molecule has 0 spiro atoms. The van der Waals surface area contributed by atoms with Gasteiger partial charge >= 0.3 is 0 Å².